The van der Waals surface area contributed by atoms with Crippen LogP contribution in [0.4, 0.5) is 0 Å². The maximum atomic E-state index is 13.3. The number of Topliss-reactive ketones (excluding diaryl/α,β-unsaturated/α-hetero) is 1. The molecule has 4 aliphatic rings. The third-order valence-electron chi connectivity index (χ3n) is 8.72. The zero-order valence-corrected chi connectivity index (χ0v) is 17.7. The van der Waals surface area contributed by atoms with Gasteiger partial charge in [0, 0.05) is 11.3 Å². The Morgan fingerprint density at radius 3 is 2.28 bits per heavy atom. The number of methoxy groups -OCH3 is 2. The van der Waals surface area contributed by atoms with Crippen molar-refractivity contribution in [1.82, 2.24) is 0 Å². The highest BCUT2D eigenvalue weighted by atomic mass is 16.5. The maximum Gasteiger partial charge on any atom is 0.316 e. The van der Waals surface area contributed by atoms with Gasteiger partial charge in [-0.3, -0.25) is 19.2 Å². The molecule has 6 nitrogen and oxygen atoms in total. The monoisotopic (exact) mass is 402 g/mol. The van der Waals surface area contributed by atoms with Crippen molar-refractivity contribution >= 4 is 23.5 Å². The van der Waals surface area contributed by atoms with Gasteiger partial charge in [-0.2, -0.15) is 0 Å². The molecular weight excluding hydrogens is 372 g/mol. The van der Waals surface area contributed by atoms with Crippen LogP contribution in [-0.4, -0.2) is 37.7 Å². The second kappa shape index (κ2) is 6.78. The highest BCUT2D eigenvalue weighted by Gasteiger charge is 2.64. The first kappa shape index (κ1) is 20.3. The number of ether oxygens (including phenoxy) is 2. The minimum atomic E-state index is -0.755. The molecule has 0 radical (unpaired) electrons. The van der Waals surface area contributed by atoms with Gasteiger partial charge in [0.25, 0.3) is 0 Å². The van der Waals surface area contributed by atoms with Gasteiger partial charge in [-0.1, -0.05) is 19.4 Å². The van der Waals surface area contributed by atoms with Crippen LogP contribution in [0.3, 0.4) is 0 Å². The van der Waals surface area contributed by atoms with Crippen LogP contribution in [-0.2, 0) is 28.7 Å². The van der Waals surface area contributed by atoms with Crippen LogP contribution in [0.15, 0.2) is 11.6 Å². The molecule has 158 valence electrons. The van der Waals surface area contributed by atoms with Crippen LogP contribution in [0, 0.1) is 40.4 Å². The Labute approximate surface area is 171 Å². The summed E-state index contributed by atoms with van der Waals surface area (Å²) >= 11 is 0. The van der Waals surface area contributed by atoms with E-state index in [-0.39, 0.29) is 46.6 Å². The van der Waals surface area contributed by atoms with E-state index in [2.05, 4.69) is 6.92 Å². The molecule has 0 bridgehead atoms. The topological polar surface area (TPSA) is 86.7 Å². The van der Waals surface area contributed by atoms with Gasteiger partial charge in [0.1, 0.15) is 5.92 Å². The Morgan fingerprint density at radius 1 is 0.966 bits per heavy atom. The Morgan fingerprint density at radius 2 is 1.62 bits per heavy atom. The van der Waals surface area contributed by atoms with Crippen molar-refractivity contribution in [1.29, 1.82) is 0 Å². The number of carbonyl (C=O) groups is 4. The molecule has 0 aliphatic heterocycles. The third-order valence-corrected chi connectivity index (χ3v) is 8.72. The summed E-state index contributed by atoms with van der Waals surface area (Å²) in [6, 6.07) is 0. The van der Waals surface area contributed by atoms with Crippen molar-refractivity contribution in [3.05, 3.63) is 11.6 Å². The van der Waals surface area contributed by atoms with Gasteiger partial charge in [0.2, 0.25) is 0 Å². The summed E-state index contributed by atoms with van der Waals surface area (Å²) in [6.07, 6.45) is 5.80. The molecule has 3 saturated carbocycles. The lowest BCUT2D eigenvalue weighted by Gasteiger charge is -2.55. The molecule has 0 aromatic carbocycles. The van der Waals surface area contributed by atoms with E-state index in [1.54, 1.807) is 6.08 Å². The number of allylic oxidation sites excluding steroid dienone is 2. The predicted octanol–water partition coefficient (Wildman–Crippen LogP) is 2.89. The zero-order chi connectivity index (χ0) is 21.1. The fraction of sp³-hybridized carbons (Fsp3) is 0.739. The fourth-order valence-electron chi connectivity index (χ4n) is 6.94. The van der Waals surface area contributed by atoms with Gasteiger partial charge < -0.3 is 9.47 Å². The van der Waals surface area contributed by atoms with Crippen LogP contribution in [0.5, 0.6) is 0 Å². The van der Waals surface area contributed by atoms with Crippen molar-refractivity contribution < 1.29 is 28.7 Å². The molecule has 0 saturated heterocycles. The SMILES string of the molecule is COC(=O)[C@H]1CC[C@@]2(C)C(=CC(=O)[C@@H]3[C@@H]2CC[C@]2(C)C(=O)[C@H](C(=O)OC)C[C@@H]32)C1. The Kier molecular flexibility index (Phi) is 4.74. The fourth-order valence-corrected chi connectivity index (χ4v) is 6.94. The van der Waals surface area contributed by atoms with Gasteiger partial charge in [0.15, 0.2) is 11.6 Å². The van der Waals surface area contributed by atoms with E-state index < -0.39 is 17.3 Å². The lowest BCUT2D eigenvalue weighted by Crippen LogP contribution is -2.53. The molecule has 0 N–H and O–H groups in total. The first-order chi connectivity index (χ1) is 13.7. The van der Waals surface area contributed by atoms with Crippen molar-refractivity contribution in [2.45, 2.75) is 52.4 Å². The lowest BCUT2D eigenvalue weighted by molar-refractivity contribution is -0.151. The van der Waals surface area contributed by atoms with E-state index >= 15 is 0 Å². The summed E-state index contributed by atoms with van der Waals surface area (Å²) in [5, 5.41) is 0. The highest BCUT2D eigenvalue weighted by molar-refractivity contribution is 6.05. The molecule has 29 heavy (non-hydrogen) atoms. The summed E-state index contributed by atoms with van der Waals surface area (Å²) in [5.41, 5.74) is 0.278. The van der Waals surface area contributed by atoms with Gasteiger partial charge in [-0.25, -0.2) is 0 Å². The van der Waals surface area contributed by atoms with Gasteiger partial charge in [0.05, 0.1) is 20.1 Å². The number of hydrogen-bond donors (Lipinski definition) is 0. The molecule has 0 heterocycles. The van der Waals surface area contributed by atoms with Crippen molar-refractivity contribution in [2.75, 3.05) is 14.2 Å². The highest BCUT2D eigenvalue weighted by Crippen LogP contribution is 2.64. The number of rotatable bonds is 2. The van der Waals surface area contributed by atoms with E-state index in [0.717, 1.165) is 24.8 Å². The van der Waals surface area contributed by atoms with Crippen LogP contribution >= 0.6 is 0 Å². The lowest BCUT2D eigenvalue weighted by atomic mass is 9.47. The largest absolute Gasteiger partial charge is 0.469 e. The average molecular weight is 402 g/mol. The first-order valence-electron chi connectivity index (χ1n) is 10.6. The third kappa shape index (κ3) is 2.74. The molecule has 0 amide bonds. The molecule has 4 aliphatic carbocycles. The second-order valence-corrected chi connectivity index (χ2v) is 9.82. The normalized spacial score (nSPS) is 43.6. The molecule has 0 aromatic rings. The van der Waals surface area contributed by atoms with E-state index in [0.29, 0.717) is 19.3 Å². The molecule has 7 atom stereocenters. The molecule has 0 spiro atoms. The maximum absolute atomic E-state index is 13.3. The van der Waals surface area contributed by atoms with E-state index in [1.165, 1.54) is 14.2 Å². The van der Waals surface area contributed by atoms with Crippen LogP contribution in [0.2, 0.25) is 0 Å². The van der Waals surface area contributed by atoms with Crippen molar-refractivity contribution in [3.63, 3.8) is 0 Å². The summed E-state index contributed by atoms with van der Waals surface area (Å²) in [6.45, 7) is 4.15. The number of ketones is 2. The molecule has 4 rings (SSSR count). The Bertz CT molecular complexity index is 812. The summed E-state index contributed by atoms with van der Waals surface area (Å²) < 4.78 is 9.80. The quantitative estimate of drug-likeness (QED) is 0.521. The summed E-state index contributed by atoms with van der Waals surface area (Å²) in [5.74, 6) is -1.85. The minimum absolute atomic E-state index is 0.0576. The van der Waals surface area contributed by atoms with Crippen LogP contribution in [0.25, 0.3) is 0 Å². The summed E-state index contributed by atoms with van der Waals surface area (Å²) in [7, 11) is 2.72. The molecule has 3 fully saturated rings. The number of esters is 2. The average Bonchev–Trinajstić information content (AvgIpc) is 2.98. The van der Waals surface area contributed by atoms with Gasteiger partial charge >= 0.3 is 11.9 Å². The summed E-state index contributed by atoms with van der Waals surface area (Å²) in [4.78, 5) is 50.6. The van der Waals surface area contributed by atoms with Crippen LogP contribution in [0.1, 0.15) is 52.4 Å². The van der Waals surface area contributed by atoms with Crippen molar-refractivity contribution in [2.24, 2.45) is 40.4 Å². The number of hydrogen-bond acceptors (Lipinski definition) is 6. The van der Waals surface area contributed by atoms with E-state index in [4.69, 9.17) is 9.47 Å². The Balaban J connectivity index is 1.68. The zero-order valence-electron chi connectivity index (χ0n) is 17.7. The smallest absolute Gasteiger partial charge is 0.316 e. The van der Waals surface area contributed by atoms with Crippen LogP contribution < -0.4 is 0 Å². The molecular formula is C23H30O6. The second-order valence-electron chi connectivity index (χ2n) is 9.82. The minimum Gasteiger partial charge on any atom is -0.469 e. The molecule has 0 aromatic heterocycles. The van der Waals surface area contributed by atoms with Gasteiger partial charge in [-0.05, 0) is 61.9 Å². The van der Waals surface area contributed by atoms with E-state index in [1.807, 2.05) is 6.92 Å². The molecule has 0 unspecified atom stereocenters. The van der Waals surface area contributed by atoms with Crippen molar-refractivity contribution in [3.8, 4) is 0 Å². The van der Waals surface area contributed by atoms with Gasteiger partial charge in [-0.15, -0.1) is 0 Å². The molecule has 6 heteroatoms. The standard InChI is InChI=1S/C23H30O6/c1-22-7-5-12(20(26)28-3)9-13(22)10-17(24)18-15(22)6-8-23(2)16(18)11-14(19(23)25)21(27)29-4/h10,12,14-16,18H,5-9,11H2,1-4H3/t12-,14+,15-,16-,18+,22-,23-/m0/s1. The predicted molar refractivity (Wildman–Crippen MR) is 103 cm³/mol. The Hall–Kier alpha value is -1.98. The number of fused-ring (bicyclic) bond motifs is 5. The first-order valence-corrected chi connectivity index (χ1v) is 10.6. The number of carbonyl (C=O) groups excluding carboxylic acids is 4. The van der Waals surface area contributed by atoms with E-state index in [9.17, 15) is 19.2 Å².